The van der Waals surface area contributed by atoms with E-state index in [1.807, 2.05) is 24.7 Å². The predicted molar refractivity (Wildman–Crippen MR) is 63.1 cm³/mol. The summed E-state index contributed by atoms with van der Waals surface area (Å²) in [6.45, 7) is 2.21. The van der Waals surface area contributed by atoms with Gasteiger partial charge in [0.25, 0.3) is 0 Å². The van der Waals surface area contributed by atoms with Crippen molar-refractivity contribution < 1.29 is 0 Å². The highest BCUT2D eigenvalue weighted by molar-refractivity contribution is 4.89. The van der Waals surface area contributed by atoms with Gasteiger partial charge in [0, 0.05) is 31.2 Å². The molecular weight excluding hydrogens is 200 g/mol. The summed E-state index contributed by atoms with van der Waals surface area (Å²) in [7, 11) is 0. The zero-order chi connectivity index (χ0) is 11.2. The van der Waals surface area contributed by atoms with Gasteiger partial charge in [-0.15, -0.1) is 0 Å². The van der Waals surface area contributed by atoms with Gasteiger partial charge in [0.2, 0.25) is 0 Å². The molecular formula is C12H18N4. The molecule has 0 aliphatic heterocycles. The number of aromatic amines is 1. The molecule has 0 aromatic carbocycles. The average Bonchev–Trinajstić information content (AvgIpc) is 2.96. The maximum atomic E-state index is 4.32. The maximum Gasteiger partial charge on any atom is 0.106 e. The summed E-state index contributed by atoms with van der Waals surface area (Å²) in [6, 6.07) is 2.47. The lowest BCUT2D eigenvalue weighted by atomic mass is 10.1. The van der Waals surface area contributed by atoms with Gasteiger partial charge in [-0.05, 0) is 18.9 Å². The summed E-state index contributed by atoms with van der Waals surface area (Å²) in [5, 5.41) is 4.32. The van der Waals surface area contributed by atoms with E-state index in [1.165, 1.54) is 12.8 Å². The van der Waals surface area contributed by atoms with E-state index in [-0.39, 0.29) is 0 Å². The van der Waals surface area contributed by atoms with Crippen LogP contribution in [0.25, 0.3) is 0 Å². The molecule has 1 N–H and O–H groups in total. The minimum absolute atomic E-state index is 0.491. The first-order valence-electron chi connectivity index (χ1n) is 5.87. The Hall–Kier alpha value is -1.58. The van der Waals surface area contributed by atoms with E-state index >= 15 is 0 Å². The lowest BCUT2D eigenvalue weighted by Gasteiger charge is -2.16. The molecule has 0 fully saturated rings. The Morgan fingerprint density at radius 1 is 1.38 bits per heavy atom. The molecule has 4 heteroatoms. The standard InChI is InChI=1S/C12H18N4/c1-2-4-11(16-10-3-7-15-16)5-6-12-13-8-9-14-12/h3,7-11H,2,4-6H2,1H3,(H,13,14). The molecule has 2 heterocycles. The van der Waals surface area contributed by atoms with Crippen molar-refractivity contribution in [3.05, 3.63) is 36.7 Å². The molecule has 0 aliphatic rings. The monoisotopic (exact) mass is 218 g/mol. The second-order valence-electron chi connectivity index (χ2n) is 4.00. The molecule has 0 radical (unpaired) electrons. The Morgan fingerprint density at radius 3 is 2.94 bits per heavy atom. The van der Waals surface area contributed by atoms with Crippen LogP contribution >= 0.6 is 0 Å². The Morgan fingerprint density at radius 2 is 2.31 bits per heavy atom. The molecule has 2 rings (SSSR count). The number of aryl methyl sites for hydroxylation is 1. The second-order valence-corrected chi connectivity index (χ2v) is 4.00. The van der Waals surface area contributed by atoms with Crippen LogP contribution in [-0.4, -0.2) is 19.7 Å². The highest BCUT2D eigenvalue weighted by atomic mass is 15.3. The fourth-order valence-electron chi connectivity index (χ4n) is 1.98. The third kappa shape index (κ3) is 2.72. The van der Waals surface area contributed by atoms with Crippen LogP contribution in [0, 0.1) is 0 Å². The van der Waals surface area contributed by atoms with Crippen molar-refractivity contribution in [2.75, 3.05) is 0 Å². The minimum atomic E-state index is 0.491. The third-order valence-electron chi connectivity index (χ3n) is 2.79. The average molecular weight is 218 g/mol. The van der Waals surface area contributed by atoms with Crippen LogP contribution in [0.1, 0.15) is 38.1 Å². The molecule has 0 amide bonds. The zero-order valence-electron chi connectivity index (χ0n) is 9.63. The van der Waals surface area contributed by atoms with E-state index in [9.17, 15) is 0 Å². The van der Waals surface area contributed by atoms with Crippen molar-refractivity contribution in [1.29, 1.82) is 0 Å². The van der Waals surface area contributed by atoms with Crippen molar-refractivity contribution >= 4 is 0 Å². The molecule has 0 saturated heterocycles. The van der Waals surface area contributed by atoms with E-state index in [2.05, 4.69) is 26.7 Å². The van der Waals surface area contributed by atoms with Gasteiger partial charge in [-0.25, -0.2) is 4.98 Å². The summed E-state index contributed by atoms with van der Waals surface area (Å²) in [6.07, 6.45) is 12.0. The van der Waals surface area contributed by atoms with Gasteiger partial charge in [-0.3, -0.25) is 4.68 Å². The van der Waals surface area contributed by atoms with Crippen LogP contribution in [-0.2, 0) is 6.42 Å². The Bertz CT molecular complexity index is 377. The number of hydrogen-bond donors (Lipinski definition) is 1. The number of hydrogen-bond acceptors (Lipinski definition) is 2. The van der Waals surface area contributed by atoms with Crippen molar-refractivity contribution in [2.24, 2.45) is 0 Å². The first-order valence-corrected chi connectivity index (χ1v) is 5.87. The number of H-pyrrole nitrogens is 1. The van der Waals surface area contributed by atoms with Gasteiger partial charge in [-0.2, -0.15) is 5.10 Å². The van der Waals surface area contributed by atoms with Crippen LogP contribution in [0.5, 0.6) is 0 Å². The van der Waals surface area contributed by atoms with Crippen molar-refractivity contribution in [1.82, 2.24) is 19.7 Å². The van der Waals surface area contributed by atoms with Crippen LogP contribution in [0.2, 0.25) is 0 Å². The molecule has 0 aliphatic carbocycles. The lowest BCUT2D eigenvalue weighted by Crippen LogP contribution is -2.11. The van der Waals surface area contributed by atoms with Crippen LogP contribution in [0.3, 0.4) is 0 Å². The fourth-order valence-corrected chi connectivity index (χ4v) is 1.98. The zero-order valence-corrected chi connectivity index (χ0v) is 9.63. The SMILES string of the molecule is CCCC(CCc1ncc[nH]1)n1cccn1. The first kappa shape index (κ1) is 10.9. The minimum Gasteiger partial charge on any atom is -0.349 e. The van der Waals surface area contributed by atoms with Gasteiger partial charge in [0.15, 0.2) is 0 Å². The molecule has 0 spiro atoms. The van der Waals surface area contributed by atoms with Gasteiger partial charge < -0.3 is 4.98 Å². The molecule has 0 saturated carbocycles. The Labute approximate surface area is 95.7 Å². The summed E-state index contributed by atoms with van der Waals surface area (Å²) >= 11 is 0. The number of imidazole rings is 1. The quantitative estimate of drug-likeness (QED) is 0.810. The van der Waals surface area contributed by atoms with E-state index in [1.54, 1.807) is 6.20 Å². The summed E-state index contributed by atoms with van der Waals surface area (Å²) < 4.78 is 2.06. The van der Waals surface area contributed by atoms with Gasteiger partial charge in [0.1, 0.15) is 5.82 Å². The second kappa shape index (κ2) is 5.49. The van der Waals surface area contributed by atoms with E-state index in [0.29, 0.717) is 6.04 Å². The van der Waals surface area contributed by atoms with Crippen LogP contribution < -0.4 is 0 Å². The number of nitrogens with one attached hydrogen (secondary N) is 1. The van der Waals surface area contributed by atoms with E-state index in [0.717, 1.165) is 18.7 Å². The highest BCUT2D eigenvalue weighted by Gasteiger charge is 2.10. The largest absolute Gasteiger partial charge is 0.349 e. The van der Waals surface area contributed by atoms with Crippen molar-refractivity contribution in [3.63, 3.8) is 0 Å². The molecule has 2 aromatic heterocycles. The summed E-state index contributed by atoms with van der Waals surface area (Å²) in [4.78, 5) is 7.38. The summed E-state index contributed by atoms with van der Waals surface area (Å²) in [5.74, 6) is 1.06. The smallest absolute Gasteiger partial charge is 0.106 e. The van der Waals surface area contributed by atoms with Gasteiger partial charge in [-0.1, -0.05) is 13.3 Å². The Kier molecular flexibility index (Phi) is 3.75. The highest BCUT2D eigenvalue weighted by Crippen LogP contribution is 2.18. The third-order valence-corrected chi connectivity index (χ3v) is 2.79. The van der Waals surface area contributed by atoms with Crippen LogP contribution in [0.4, 0.5) is 0 Å². The fraction of sp³-hybridized carbons (Fsp3) is 0.500. The van der Waals surface area contributed by atoms with Crippen LogP contribution in [0.15, 0.2) is 30.9 Å². The molecule has 86 valence electrons. The van der Waals surface area contributed by atoms with Crippen molar-refractivity contribution in [2.45, 2.75) is 38.6 Å². The van der Waals surface area contributed by atoms with Gasteiger partial charge in [0.05, 0.1) is 6.04 Å². The number of nitrogens with zero attached hydrogens (tertiary/aromatic N) is 3. The molecule has 1 atom stereocenters. The topological polar surface area (TPSA) is 46.5 Å². The molecule has 16 heavy (non-hydrogen) atoms. The summed E-state index contributed by atoms with van der Waals surface area (Å²) in [5.41, 5.74) is 0. The first-order chi connectivity index (χ1) is 7.90. The van der Waals surface area contributed by atoms with Gasteiger partial charge >= 0.3 is 0 Å². The van der Waals surface area contributed by atoms with Crippen molar-refractivity contribution in [3.8, 4) is 0 Å². The number of rotatable bonds is 6. The lowest BCUT2D eigenvalue weighted by molar-refractivity contribution is 0.393. The molecule has 0 bridgehead atoms. The van der Waals surface area contributed by atoms with E-state index in [4.69, 9.17) is 0 Å². The predicted octanol–water partition coefficient (Wildman–Crippen LogP) is 2.58. The molecule has 1 unspecified atom stereocenters. The molecule has 4 nitrogen and oxygen atoms in total. The molecule has 2 aromatic rings. The maximum absolute atomic E-state index is 4.32. The normalized spacial score (nSPS) is 12.8. The Balaban J connectivity index is 1.93. The number of aromatic nitrogens is 4. The van der Waals surface area contributed by atoms with E-state index < -0.39 is 0 Å².